The maximum absolute atomic E-state index is 12.5. The van der Waals surface area contributed by atoms with Crippen molar-refractivity contribution in [2.45, 2.75) is 39.3 Å². The summed E-state index contributed by atoms with van der Waals surface area (Å²) in [5.74, 6) is 0.252. The topological polar surface area (TPSA) is 75.4 Å². The fourth-order valence-electron chi connectivity index (χ4n) is 3.06. The van der Waals surface area contributed by atoms with Crippen LogP contribution in [0.4, 0.5) is 0 Å². The van der Waals surface area contributed by atoms with Crippen LogP contribution < -0.4 is 5.32 Å². The van der Waals surface area contributed by atoms with Crippen LogP contribution in [0.25, 0.3) is 0 Å². The molecule has 7 heteroatoms. The molecule has 1 aromatic heterocycles. The predicted octanol–water partition coefficient (Wildman–Crippen LogP) is 2.73. The van der Waals surface area contributed by atoms with Crippen LogP contribution in [0.2, 0.25) is 5.02 Å². The standard InChI is InChI=1S/C18H20ClN3O3/c1-3-15-17(11(2)25-21-15)18(24)20-13-8-16(23)22(10-13)9-12-6-4-5-7-14(12)19/h4-7,13H,3,8-10H2,1-2H3,(H,20,24). The van der Waals surface area contributed by atoms with Crippen molar-refractivity contribution in [1.29, 1.82) is 0 Å². The second kappa shape index (κ2) is 7.27. The van der Waals surface area contributed by atoms with Gasteiger partial charge in [0, 0.05) is 24.5 Å². The van der Waals surface area contributed by atoms with Crippen LogP contribution in [-0.4, -0.2) is 34.5 Å². The second-order valence-corrected chi connectivity index (χ2v) is 6.56. The molecule has 1 aliphatic heterocycles. The number of halogens is 1. The summed E-state index contributed by atoms with van der Waals surface area (Å²) in [5.41, 5.74) is 2.00. The molecule has 1 aliphatic rings. The number of carbonyl (C=O) groups is 2. The van der Waals surface area contributed by atoms with Crippen molar-refractivity contribution in [1.82, 2.24) is 15.4 Å². The van der Waals surface area contributed by atoms with E-state index in [2.05, 4.69) is 10.5 Å². The number of amides is 2. The summed E-state index contributed by atoms with van der Waals surface area (Å²) in [7, 11) is 0. The molecule has 2 heterocycles. The highest BCUT2D eigenvalue weighted by atomic mass is 35.5. The molecule has 0 radical (unpaired) electrons. The summed E-state index contributed by atoms with van der Waals surface area (Å²) in [4.78, 5) is 26.5. The first kappa shape index (κ1) is 17.5. The molecule has 2 amide bonds. The maximum atomic E-state index is 12.5. The lowest BCUT2D eigenvalue weighted by Crippen LogP contribution is -2.37. The number of nitrogens with zero attached hydrogens (tertiary/aromatic N) is 2. The predicted molar refractivity (Wildman–Crippen MR) is 93.4 cm³/mol. The van der Waals surface area contributed by atoms with Gasteiger partial charge in [-0.15, -0.1) is 0 Å². The lowest BCUT2D eigenvalue weighted by Gasteiger charge is -2.18. The molecule has 6 nitrogen and oxygen atoms in total. The van der Waals surface area contributed by atoms with Crippen molar-refractivity contribution in [2.75, 3.05) is 6.54 Å². The first-order valence-electron chi connectivity index (χ1n) is 8.26. The fourth-order valence-corrected chi connectivity index (χ4v) is 3.26. The van der Waals surface area contributed by atoms with E-state index in [0.29, 0.717) is 41.6 Å². The molecule has 3 rings (SSSR count). The molecule has 1 fully saturated rings. The lowest BCUT2D eigenvalue weighted by molar-refractivity contribution is -0.128. The zero-order chi connectivity index (χ0) is 18.0. The smallest absolute Gasteiger partial charge is 0.257 e. The molecule has 0 aliphatic carbocycles. The van der Waals surface area contributed by atoms with Crippen LogP contribution in [0, 0.1) is 6.92 Å². The van der Waals surface area contributed by atoms with Gasteiger partial charge >= 0.3 is 0 Å². The molecule has 1 atom stereocenters. The van der Waals surface area contributed by atoms with Crippen molar-refractivity contribution in [2.24, 2.45) is 0 Å². The van der Waals surface area contributed by atoms with Crippen molar-refractivity contribution >= 4 is 23.4 Å². The van der Waals surface area contributed by atoms with E-state index in [1.165, 1.54) is 0 Å². The van der Waals surface area contributed by atoms with Gasteiger partial charge in [-0.2, -0.15) is 0 Å². The Bertz CT molecular complexity index is 803. The molecule has 1 unspecified atom stereocenters. The monoisotopic (exact) mass is 361 g/mol. The molecule has 1 aromatic carbocycles. The van der Waals surface area contributed by atoms with E-state index >= 15 is 0 Å². The third kappa shape index (κ3) is 3.69. The molecular weight excluding hydrogens is 342 g/mol. The summed E-state index contributed by atoms with van der Waals surface area (Å²) in [6.45, 7) is 4.53. The van der Waals surface area contributed by atoms with E-state index in [1.54, 1.807) is 17.9 Å². The van der Waals surface area contributed by atoms with Crippen molar-refractivity contribution in [3.05, 3.63) is 51.9 Å². The second-order valence-electron chi connectivity index (χ2n) is 6.15. The van der Waals surface area contributed by atoms with Crippen LogP contribution >= 0.6 is 11.6 Å². The Morgan fingerprint density at radius 3 is 2.92 bits per heavy atom. The van der Waals surface area contributed by atoms with Crippen LogP contribution in [0.3, 0.4) is 0 Å². The SMILES string of the molecule is CCc1noc(C)c1C(=O)NC1CC(=O)N(Cc2ccccc2Cl)C1. The number of aromatic nitrogens is 1. The Hall–Kier alpha value is -2.34. The van der Waals surface area contributed by atoms with Gasteiger partial charge in [0.25, 0.3) is 5.91 Å². The van der Waals surface area contributed by atoms with Crippen LogP contribution in [0.5, 0.6) is 0 Å². The molecule has 1 N–H and O–H groups in total. The molecular formula is C18H20ClN3O3. The highest BCUT2D eigenvalue weighted by Gasteiger charge is 2.32. The zero-order valence-corrected chi connectivity index (χ0v) is 15.0. The Balaban J connectivity index is 1.65. The number of hydrogen-bond acceptors (Lipinski definition) is 4. The lowest BCUT2D eigenvalue weighted by atomic mass is 10.1. The van der Waals surface area contributed by atoms with Gasteiger partial charge in [0.2, 0.25) is 5.91 Å². The van der Waals surface area contributed by atoms with Gasteiger partial charge in [-0.1, -0.05) is 41.9 Å². The average Bonchev–Trinajstić information content (AvgIpc) is 3.12. The zero-order valence-electron chi connectivity index (χ0n) is 14.2. The van der Waals surface area contributed by atoms with Gasteiger partial charge in [-0.05, 0) is 25.0 Å². The van der Waals surface area contributed by atoms with E-state index < -0.39 is 0 Å². The number of carbonyl (C=O) groups excluding carboxylic acids is 2. The van der Waals surface area contributed by atoms with Gasteiger partial charge < -0.3 is 14.7 Å². The first-order chi connectivity index (χ1) is 12.0. The number of hydrogen-bond donors (Lipinski definition) is 1. The number of likely N-dealkylation sites (tertiary alicyclic amines) is 1. The van der Waals surface area contributed by atoms with Crippen LogP contribution in [0.15, 0.2) is 28.8 Å². The van der Waals surface area contributed by atoms with Gasteiger partial charge in [-0.3, -0.25) is 9.59 Å². The van der Waals surface area contributed by atoms with Crippen molar-refractivity contribution in [3.8, 4) is 0 Å². The molecule has 0 bridgehead atoms. The minimum absolute atomic E-state index is 0.00275. The quantitative estimate of drug-likeness (QED) is 0.888. The molecule has 1 saturated heterocycles. The maximum Gasteiger partial charge on any atom is 0.257 e. The van der Waals surface area contributed by atoms with E-state index in [-0.39, 0.29) is 24.3 Å². The van der Waals surface area contributed by atoms with Gasteiger partial charge in [0.1, 0.15) is 11.3 Å². The number of nitrogens with one attached hydrogen (secondary N) is 1. The van der Waals surface area contributed by atoms with E-state index in [4.69, 9.17) is 16.1 Å². The Morgan fingerprint density at radius 2 is 2.20 bits per heavy atom. The summed E-state index contributed by atoms with van der Waals surface area (Å²) in [5, 5.41) is 7.46. The third-order valence-electron chi connectivity index (χ3n) is 4.36. The normalized spacial score (nSPS) is 17.2. The highest BCUT2D eigenvalue weighted by Crippen LogP contribution is 2.21. The molecule has 0 spiro atoms. The van der Waals surface area contributed by atoms with Crippen LogP contribution in [-0.2, 0) is 17.8 Å². The number of aryl methyl sites for hydroxylation is 2. The van der Waals surface area contributed by atoms with Crippen molar-refractivity contribution in [3.63, 3.8) is 0 Å². The first-order valence-corrected chi connectivity index (χ1v) is 8.64. The molecule has 2 aromatic rings. The third-order valence-corrected chi connectivity index (χ3v) is 4.73. The van der Waals surface area contributed by atoms with E-state index in [1.807, 2.05) is 25.1 Å². The minimum atomic E-state index is -0.243. The van der Waals surface area contributed by atoms with E-state index in [9.17, 15) is 9.59 Å². The Morgan fingerprint density at radius 1 is 1.44 bits per heavy atom. The van der Waals surface area contributed by atoms with Gasteiger partial charge in [0.15, 0.2) is 0 Å². The van der Waals surface area contributed by atoms with Crippen molar-refractivity contribution < 1.29 is 14.1 Å². The van der Waals surface area contributed by atoms with E-state index in [0.717, 1.165) is 5.56 Å². The van der Waals surface area contributed by atoms with Crippen LogP contribution in [0.1, 0.15) is 40.7 Å². The fraction of sp³-hybridized carbons (Fsp3) is 0.389. The summed E-state index contributed by atoms with van der Waals surface area (Å²) in [6, 6.07) is 7.21. The Labute approximate surface area is 151 Å². The largest absolute Gasteiger partial charge is 0.361 e. The average molecular weight is 362 g/mol. The summed E-state index contributed by atoms with van der Waals surface area (Å²) >= 11 is 6.16. The summed E-state index contributed by atoms with van der Waals surface area (Å²) in [6.07, 6.45) is 0.893. The number of rotatable bonds is 5. The molecule has 0 saturated carbocycles. The molecule has 132 valence electrons. The molecule has 25 heavy (non-hydrogen) atoms. The number of benzene rings is 1. The van der Waals surface area contributed by atoms with Gasteiger partial charge in [-0.25, -0.2) is 0 Å². The Kier molecular flexibility index (Phi) is 5.08. The highest BCUT2D eigenvalue weighted by molar-refractivity contribution is 6.31. The van der Waals surface area contributed by atoms with Gasteiger partial charge in [0.05, 0.1) is 11.7 Å². The minimum Gasteiger partial charge on any atom is -0.361 e. The summed E-state index contributed by atoms with van der Waals surface area (Å²) < 4.78 is 5.10.